The third kappa shape index (κ3) is 2.62. The lowest BCUT2D eigenvalue weighted by Gasteiger charge is -2.33. The number of nitrogens with zero attached hydrogens (tertiary/aromatic N) is 5. The van der Waals surface area contributed by atoms with E-state index in [1.807, 2.05) is 36.1 Å². The van der Waals surface area contributed by atoms with Gasteiger partial charge in [0, 0.05) is 25.8 Å². The molecule has 1 aliphatic rings. The Kier molecular flexibility index (Phi) is 4.10. The Morgan fingerprint density at radius 1 is 1.25 bits per heavy atom. The summed E-state index contributed by atoms with van der Waals surface area (Å²) in [5, 5.41) is 11.0. The number of aliphatic carboxylic acids is 1. The molecule has 9 nitrogen and oxygen atoms in total. The zero-order valence-corrected chi connectivity index (χ0v) is 15.9. The first-order chi connectivity index (χ1) is 13.3. The van der Waals surface area contributed by atoms with Crippen LogP contribution in [0.4, 0.5) is 11.6 Å². The fourth-order valence-corrected chi connectivity index (χ4v) is 3.84. The van der Waals surface area contributed by atoms with E-state index >= 15 is 0 Å². The largest absolute Gasteiger partial charge is 0.548 e. The lowest BCUT2D eigenvalue weighted by atomic mass is 10.1. The Morgan fingerprint density at radius 2 is 1.96 bits per heavy atom. The number of anilines is 2. The summed E-state index contributed by atoms with van der Waals surface area (Å²) in [4.78, 5) is 43.1. The van der Waals surface area contributed by atoms with Crippen molar-refractivity contribution in [3.05, 3.63) is 50.7 Å². The molecule has 2 aromatic heterocycles. The van der Waals surface area contributed by atoms with Crippen molar-refractivity contribution in [2.45, 2.75) is 26.9 Å². The van der Waals surface area contributed by atoms with Crippen LogP contribution in [-0.2, 0) is 24.9 Å². The fourth-order valence-electron chi connectivity index (χ4n) is 3.84. The van der Waals surface area contributed by atoms with Crippen LogP contribution in [0.15, 0.2) is 33.9 Å². The molecule has 0 spiro atoms. The summed E-state index contributed by atoms with van der Waals surface area (Å²) in [7, 11) is 1.48. The molecule has 3 heterocycles. The van der Waals surface area contributed by atoms with E-state index in [0.717, 1.165) is 17.8 Å². The number of carboxylic acid groups (broad SMARTS) is 1. The summed E-state index contributed by atoms with van der Waals surface area (Å²) < 4.78 is 3.68. The SMILES string of the molecule is Cc1ccccc1N1C[C@H](C)Cn2c1nc1c2c(=O)n(CC(=O)[O-])c(=O)n1C. The monoisotopic (exact) mass is 382 g/mol. The van der Waals surface area contributed by atoms with Gasteiger partial charge < -0.3 is 19.4 Å². The van der Waals surface area contributed by atoms with Crippen molar-refractivity contribution in [2.24, 2.45) is 13.0 Å². The lowest BCUT2D eigenvalue weighted by molar-refractivity contribution is -0.306. The minimum Gasteiger partial charge on any atom is -0.548 e. The Labute approximate surface area is 160 Å². The van der Waals surface area contributed by atoms with Gasteiger partial charge in [-0.3, -0.25) is 13.9 Å². The molecule has 0 radical (unpaired) electrons. The smallest absolute Gasteiger partial charge is 0.332 e. The Hall–Kier alpha value is -3.36. The average Bonchev–Trinajstić information content (AvgIpc) is 3.02. The lowest BCUT2D eigenvalue weighted by Crippen LogP contribution is -2.44. The van der Waals surface area contributed by atoms with E-state index in [9.17, 15) is 19.5 Å². The van der Waals surface area contributed by atoms with Gasteiger partial charge in [-0.1, -0.05) is 25.1 Å². The Morgan fingerprint density at radius 3 is 2.64 bits per heavy atom. The molecule has 146 valence electrons. The number of imidazole rings is 1. The van der Waals surface area contributed by atoms with E-state index in [4.69, 9.17) is 0 Å². The van der Waals surface area contributed by atoms with Gasteiger partial charge in [-0.05, 0) is 24.5 Å². The molecule has 0 amide bonds. The number of aromatic nitrogens is 4. The zero-order chi connectivity index (χ0) is 20.2. The predicted molar refractivity (Wildman–Crippen MR) is 102 cm³/mol. The van der Waals surface area contributed by atoms with Gasteiger partial charge in [-0.2, -0.15) is 4.98 Å². The van der Waals surface area contributed by atoms with Gasteiger partial charge in [-0.25, -0.2) is 4.79 Å². The first kappa shape index (κ1) is 18.0. The highest BCUT2D eigenvalue weighted by Gasteiger charge is 2.30. The molecule has 1 aromatic carbocycles. The number of benzene rings is 1. The van der Waals surface area contributed by atoms with Crippen LogP contribution in [0.2, 0.25) is 0 Å². The van der Waals surface area contributed by atoms with E-state index in [1.54, 1.807) is 4.57 Å². The molecular weight excluding hydrogens is 362 g/mol. The molecule has 0 aliphatic carbocycles. The second kappa shape index (κ2) is 6.36. The van der Waals surface area contributed by atoms with Crippen molar-refractivity contribution < 1.29 is 9.90 Å². The molecule has 9 heteroatoms. The van der Waals surface area contributed by atoms with Crippen LogP contribution in [0, 0.1) is 12.8 Å². The molecule has 0 saturated carbocycles. The first-order valence-electron chi connectivity index (χ1n) is 9.02. The van der Waals surface area contributed by atoms with Gasteiger partial charge >= 0.3 is 5.69 Å². The predicted octanol–water partition coefficient (Wildman–Crippen LogP) is -0.257. The van der Waals surface area contributed by atoms with E-state index in [1.165, 1.54) is 11.6 Å². The molecule has 1 aliphatic heterocycles. The van der Waals surface area contributed by atoms with Crippen molar-refractivity contribution >= 4 is 28.8 Å². The summed E-state index contributed by atoms with van der Waals surface area (Å²) in [6.07, 6.45) is 0. The van der Waals surface area contributed by atoms with Crippen LogP contribution in [0.3, 0.4) is 0 Å². The van der Waals surface area contributed by atoms with E-state index in [-0.39, 0.29) is 17.1 Å². The quantitative estimate of drug-likeness (QED) is 0.618. The standard InChI is InChI=1S/C19H21N5O4/c1-11-8-22(13-7-5-4-6-12(13)2)18-20-16-15(23(18)9-11)17(27)24(10-14(25)26)19(28)21(16)3/h4-7,11H,8-10H2,1-3H3,(H,25,26)/p-1/t11-/m0/s1. The zero-order valence-electron chi connectivity index (χ0n) is 15.9. The van der Waals surface area contributed by atoms with Gasteiger partial charge in [0.05, 0.1) is 12.5 Å². The van der Waals surface area contributed by atoms with Gasteiger partial charge in [0.2, 0.25) is 5.95 Å². The fraction of sp³-hybridized carbons (Fsp3) is 0.368. The van der Waals surface area contributed by atoms with Crippen LogP contribution in [0.5, 0.6) is 0 Å². The summed E-state index contributed by atoms with van der Waals surface area (Å²) in [5.41, 5.74) is 1.12. The number of para-hydroxylation sites is 1. The summed E-state index contributed by atoms with van der Waals surface area (Å²) >= 11 is 0. The molecule has 3 aromatic rings. The average molecular weight is 382 g/mol. The number of rotatable bonds is 3. The second-order valence-electron chi connectivity index (χ2n) is 7.30. The van der Waals surface area contributed by atoms with Crippen LogP contribution in [-0.4, -0.2) is 31.2 Å². The maximum atomic E-state index is 13.0. The van der Waals surface area contributed by atoms with E-state index in [0.29, 0.717) is 17.1 Å². The highest BCUT2D eigenvalue weighted by molar-refractivity contribution is 5.78. The van der Waals surface area contributed by atoms with Gasteiger partial charge in [0.1, 0.15) is 0 Å². The van der Waals surface area contributed by atoms with E-state index < -0.39 is 23.8 Å². The molecule has 1 atom stereocenters. The molecule has 0 saturated heterocycles. The third-order valence-corrected chi connectivity index (χ3v) is 5.14. The highest BCUT2D eigenvalue weighted by atomic mass is 16.4. The molecule has 0 bridgehead atoms. The number of carbonyl (C=O) groups is 1. The number of fused-ring (bicyclic) bond motifs is 3. The highest BCUT2D eigenvalue weighted by Crippen LogP contribution is 2.34. The Bertz CT molecular complexity index is 1220. The normalized spacial score (nSPS) is 16.4. The molecule has 4 rings (SSSR count). The van der Waals surface area contributed by atoms with Crippen LogP contribution >= 0.6 is 0 Å². The molecule has 0 unspecified atom stereocenters. The number of carbonyl (C=O) groups excluding carboxylic acids is 1. The van der Waals surface area contributed by atoms with Crippen LogP contribution in [0.1, 0.15) is 12.5 Å². The minimum absolute atomic E-state index is 0.218. The van der Waals surface area contributed by atoms with Crippen LogP contribution < -0.4 is 21.3 Å². The Balaban J connectivity index is 2.04. The summed E-state index contributed by atoms with van der Waals surface area (Å²) in [6, 6.07) is 7.89. The second-order valence-corrected chi connectivity index (χ2v) is 7.30. The number of hydrogen-bond acceptors (Lipinski definition) is 6. The topological polar surface area (TPSA) is 105 Å². The van der Waals surface area contributed by atoms with Gasteiger partial charge in [-0.15, -0.1) is 0 Å². The third-order valence-electron chi connectivity index (χ3n) is 5.14. The van der Waals surface area contributed by atoms with E-state index in [2.05, 4.69) is 11.9 Å². The minimum atomic E-state index is -1.49. The number of aryl methyl sites for hydroxylation is 2. The van der Waals surface area contributed by atoms with Crippen molar-refractivity contribution in [3.63, 3.8) is 0 Å². The molecular formula is C19H20N5O4-. The van der Waals surface area contributed by atoms with Crippen molar-refractivity contribution in [2.75, 3.05) is 11.4 Å². The summed E-state index contributed by atoms with van der Waals surface area (Å²) in [5.74, 6) is -0.705. The van der Waals surface area contributed by atoms with Crippen molar-refractivity contribution in [1.29, 1.82) is 0 Å². The summed E-state index contributed by atoms with van der Waals surface area (Å²) in [6.45, 7) is 4.55. The van der Waals surface area contributed by atoms with Gasteiger partial charge in [0.25, 0.3) is 5.56 Å². The van der Waals surface area contributed by atoms with Crippen molar-refractivity contribution in [1.82, 2.24) is 18.7 Å². The number of carboxylic acids is 1. The first-order valence-corrected chi connectivity index (χ1v) is 9.02. The number of hydrogen-bond donors (Lipinski definition) is 0. The van der Waals surface area contributed by atoms with Gasteiger partial charge in [0.15, 0.2) is 11.2 Å². The molecule has 0 N–H and O–H groups in total. The molecule has 28 heavy (non-hydrogen) atoms. The van der Waals surface area contributed by atoms with Crippen molar-refractivity contribution in [3.8, 4) is 0 Å². The van der Waals surface area contributed by atoms with Crippen LogP contribution in [0.25, 0.3) is 11.2 Å². The maximum absolute atomic E-state index is 13.0. The maximum Gasteiger partial charge on any atom is 0.332 e. The molecule has 0 fully saturated rings.